The molecule has 0 saturated carbocycles. The molecule has 0 N–H and O–H groups in total. The number of hydrogen-bond acceptors (Lipinski definition) is 5. The fourth-order valence-electron chi connectivity index (χ4n) is 2.28. The van der Waals surface area contributed by atoms with Gasteiger partial charge in [-0.1, -0.05) is 12.1 Å². The van der Waals surface area contributed by atoms with Gasteiger partial charge in [-0.05, 0) is 38.5 Å². The molecular weight excluding hydrogens is 284 g/mol. The summed E-state index contributed by atoms with van der Waals surface area (Å²) in [5, 5.41) is 10.7. The summed E-state index contributed by atoms with van der Waals surface area (Å²) in [6, 6.07) is 6.58. The van der Waals surface area contributed by atoms with Gasteiger partial charge in [0.25, 0.3) is 0 Å². The number of carboxylic acid groups (broad SMARTS) is 1. The Balaban J connectivity index is 1.91. The summed E-state index contributed by atoms with van der Waals surface area (Å²) in [6.07, 6.45) is -0.292. The van der Waals surface area contributed by atoms with E-state index in [2.05, 4.69) is 4.90 Å². The highest BCUT2D eigenvalue weighted by atomic mass is 16.6. The van der Waals surface area contributed by atoms with Crippen molar-refractivity contribution in [3.05, 3.63) is 29.8 Å². The Morgan fingerprint density at radius 2 is 1.59 bits per heavy atom. The van der Waals surface area contributed by atoms with Gasteiger partial charge in [0.05, 0.1) is 5.97 Å². The van der Waals surface area contributed by atoms with Gasteiger partial charge in [0.1, 0.15) is 5.60 Å². The molecule has 1 aromatic carbocycles. The molecule has 0 bridgehead atoms. The number of anilines is 1. The first-order chi connectivity index (χ1) is 10.3. The Morgan fingerprint density at radius 3 is 2.05 bits per heavy atom. The maximum atomic E-state index is 12.0. The molecule has 1 amide bonds. The van der Waals surface area contributed by atoms with Crippen molar-refractivity contribution < 1.29 is 19.4 Å². The topological polar surface area (TPSA) is 72.9 Å². The van der Waals surface area contributed by atoms with Crippen LogP contribution in [0.3, 0.4) is 0 Å². The number of carbonyl (C=O) groups excluding carboxylic acids is 2. The highest BCUT2D eigenvalue weighted by molar-refractivity contribution is 5.86. The summed E-state index contributed by atoms with van der Waals surface area (Å²) in [7, 11) is 0. The molecule has 0 aromatic heterocycles. The molecule has 0 aliphatic carbocycles. The fraction of sp³-hybridized carbons (Fsp3) is 0.500. The highest BCUT2D eigenvalue weighted by Crippen LogP contribution is 2.18. The van der Waals surface area contributed by atoms with Gasteiger partial charge in [0.2, 0.25) is 0 Å². The number of benzene rings is 1. The third kappa shape index (κ3) is 4.13. The van der Waals surface area contributed by atoms with E-state index in [9.17, 15) is 14.7 Å². The van der Waals surface area contributed by atoms with Gasteiger partial charge in [0, 0.05) is 31.9 Å². The summed E-state index contributed by atoms with van der Waals surface area (Å²) in [6.45, 7) is 8.07. The zero-order chi connectivity index (χ0) is 16.3. The van der Waals surface area contributed by atoms with Crippen LogP contribution < -0.4 is 10.0 Å². The smallest absolute Gasteiger partial charge is 0.410 e. The van der Waals surface area contributed by atoms with E-state index in [0.717, 1.165) is 5.69 Å². The molecule has 0 unspecified atom stereocenters. The lowest BCUT2D eigenvalue weighted by Crippen LogP contribution is -2.50. The van der Waals surface area contributed by atoms with Crippen LogP contribution in [0.1, 0.15) is 31.1 Å². The molecule has 1 aromatic rings. The van der Waals surface area contributed by atoms with Crippen molar-refractivity contribution in [3.8, 4) is 0 Å². The van der Waals surface area contributed by atoms with Gasteiger partial charge in [-0.3, -0.25) is 0 Å². The van der Waals surface area contributed by atoms with Crippen LogP contribution in [-0.2, 0) is 4.74 Å². The van der Waals surface area contributed by atoms with E-state index >= 15 is 0 Å². The standard InChI is InChI=1S/C16H22N2O4/c1-16(2,3)22-15(21)18-10-8-17(9-11-18)13-6-4-12(5-7-13)14(19)20/h4-7H,8-11H2,1-3H3,(H,19,20)/p-1. The molecular formula is C16H21N2O4-. The average Bonchev–Trinajstić information content (AvgIpc) is 2.46. The summed E-state index contributed by atoms with van der Waals surface area (Å²) in [5.74, 6) is -1.18. The average molecular weight is 305 g/mol. The van der Waals surface area contributed by atoms with Crippen molar-refractivity contribution in [1.29, 1.82) is 0 Å². The second-order valence-electron chi connectivity index (χ2n) is 6.29. The molecule has 1 aliphatic heterocycles. The van der Waals surface area contributed by atoms with Gasteiger partial charge in [-0.2, -0.15) is 0 Å². The molecule has 0 atom stereocenters. The van der Waals surface area contributed by atoms with E-state index in [4.69, 9.17) is 4.74 Å². The van der Waals surface area contributed by atoms with Gasteiger partial charge < -0.3 is 24.4 Å². The third-order valence-corrected chi connectivity index (χ3v) is 3.40. The quantitative estimate of drug-likeness (QED) is 0.818. The number of piperazine rings is 1. The Hall–Kier alpha value is -2.24. The lowest BCUT2D eigenvalue weighted by molar-refractivity contribution is -0.255. The second-order valence-corrected chi connectivity index (χ2v) is 6.29. The first kappa shape index (κ1) is 16.1. The third-order valence-electron chi connectivity index (χ3n) is 3.40. The Labute approximate surface area is 130 Å². The van der Waals surface area contributed by atoms with Gasteiger partial charge >= 0.3 is 6.09 Å². The number of ether oxygens (including phenoxy) is 1. The number of aromatic carboxylic acids is 1. The second kappa shape index (κ2) is 6.25. The van der Waals surface area contributed by atoms with Crippen LogP contribution in [0.4, 0.5) is 10.5 Å². The maximum absolute atomic E-state index is 12.0. The molecule has 0 radical (unpaired) electrons. The Kier molecular flexibility index (Phi) is 4.59. The molecule has 1 fully saturated rings. The molecule has 1 heterocycles. The first-order valence-corrected chi connectivity index (χ1v) is 7.30. The normalized spacial score (nSPS) is 15.6. The number of rotatable bonds is 2. The predicted molar refractivity (Wildman–Crippen MR) is 80.8 cm³/mol. The summed E-state index contributed by atoms with van der Waals surface area (Å²) >= 11 is 0. The Morgan fingerprint density at radius 1 is 1.05 bits per heavy atom. The van der Waals surface area contributed by atoms with E-state index in [1.807, 2.05) is 20.8 Å². The van der Waals surface area contributed by atoms with Gasteiger partial charge in [-0.25, -0.2) is 4.79 Å². The molecule has 120 valence electrons. The zero-order valence-electron chi connectivity index (χ0n) is 13.2. The molecule has 0 spiro atoms. The van der Waals surface area contributed by atoms with Crippen LogP contribution in [-0.4, -0.2) is 48.7 Å². The Bertz CT molecular complexity index is 540. The van der Waals surface area contributed by atoms with Crippen LogP contribution in [0.15, 0.2) is 24.3 Å². The molecule has 1 saturated heterocycles. The minimum Gasteiger partial charge on any atom is -0.545 e. The number of hydrogen-bond donors (Lipinski definition) is 0. The SMILES string of the molecule is CC(C)(C)OC(=O)N1CCN(c2ccc(C(=O)[O-])cc2)CC1. The summed E-state index contributed by atoms with van der Waals surface area (Å²) < 4.78 is 5.36. The van der Waals surface area contributed by atoms with Gasteiger partial charge in [0.15, 0.2) is 0 Å². The number of carbonyl (C=O) groups is 2. The molecule has 6 nitrogen and oxygen atoms in total. The number of amides is 1. The van der Waals surface area contributed by atoms with E-state index in [0.29, 0.717) is 26.2 Å². The molecule has 1 aliphatic rings. The van der Waals surface area contributed by atoms with Crippen molar-refractivity contribution in [3.63, 3.8) is 0 Å². The van der Waals surface area contributed by atoms with Crippen LogP contribution in [0.5, 0.6) is 0 Å². The van der Waals surface area contributed by atoms with E-state index in [-0.39, 0.29) is 11.7 Å². The van der Waals surface area contributed by atoms with Crippen molar-refractivity contribution >= 4 is 17.7 Å². The minimum atomic E-state index is -1.18. The summed E-state index contributed by atoms with van der Waals surface area (Å²) in [4.78, 5) is 26.5. The summed E-state index contributed by atoms with van der Waals surface area (Å²) in [5.41, 5.74) is 0.611. The van der Waals surface area contributed by atoms with E-state index in [1.165, 1.54) is 12.1 Å². The number of carboxylic acids is 1. The molecule has 6 heteroatoms. The van der Waals surface area contributed by atoms with Crippen molar-refractivity contribution in [2.45, 2.75) is 26.4 Å². The maximum Gasteiger partial charge on any atom is 0.410 e. The van der Waals surface area contributed by atoms with Crippen LogP contribution >= 0.6 is 0 Å². The highest BCUT2D eigenvalue weighted by Gasteiger charge is 2.25. The van der Waals surface area contributed by atoms with Crippen molar-refractivity contribution in [2.75, 3.05) is 31.1 Å². The van der Waals surface area contributed by atoms with Crippen molar-refractivity contribution in [2.24, 2.45) is 0 Å². The lowest BCUT2D eigenvalue weighted by atomic mass is 10.2. The molecule has 2 rings (SSSR count). The zero-order valence-corrected chi connectivity index (χ0v) is 13.2. The van der Waals surface area contributed by atoms with Crippen molar-refractivity contribution in [1.82, 2.24) is 4.90 Å². The van der Waals surface area contributed by atoms with E-state index in [1.54, 1.807) is 17.0 Å². The monoisotopic (exact) mass is 305 g/mol. The first-order valence-electron chi connectivity index (χ1n) is 7.30. The lowest BCUT2D eigenvalue weighted by Gasteiger charge is -2.36. The minimum absolute atomic E-state index is 0.163. The van der Waals surface area contributed by atoms with Gasteiger partial charge in [-0.15, -0.1) is 0 Å². The van der Waals surface area contributed by atoms with Crippen LogP contribution in [0.25, 0.3) is 0 Å². The van der Waals surface area contributed by atoms with E-state index < -0.39 is 11.6 Å². The fourth-order valence-corrected chi connectivity index (χ4v) is 2.28. The predicted octanol–water partition coefficient (Wildman–Crippen LogP) is 1.11. The molecule has 22 heavy (non-hydrogen) atoms. The number of nitrogens with zero attached hydrogens (tertiary/aromatic N) is 2. The van der Waals surface area contributed by atoms with Crippen LogP contribution in [0.2, 0.25) is 0 Å². The van der Waals surface area contributed by atoms with Crippen LogP contribution in [0, 0.1) is 0 Å². The largest absolute Gasteiger partial charge is 0.545 e.